The first-order valence-electron chi connectivity index (χ1n) is 8.87. The molecule has 154 valence electrons. The lowest BCUT2D eigenvalue weighted by Gasteiger charge is -2.12. The molecule has 2 aromatic carbocycles. The minimum absolute atomic E-state index is 0. The average Bonchev–Trinajstić information content (AvgIpc) is 2.64. The zero-order valence-electron chi connectivity index (χ0n) is 16.1. The molecule has 0 saturated carbocycles. The minimum atomic E-state index is -3.15. The van der Waals surface area contributed by atoms with Crippen LogP contribution in [0.25, 0.3) is 0 Å². The molecule has 8 heteroatoms. The number of aliphatic imine (C=N–C) groups is 1. The van der Waals surface area contributed by atoms with Crippen LogP contribution in [0, 0.1) is 0 Å². The quantitative estimate of drug-likeness (QED) is 0.234. The molecule has 0 amide bonds. The Kier molecular flexibility index (Phi) is 10.8. The van der Waals surface area contributed by atoms with Crippen LogP contribution in [0.1, 0.15) is 17.5 Å². The fourth-order valence-electron chi connectivity index (χ4n) is 2.64. The van der Waals surface area contributed by atoms with E-state index in [4.69, 9.17) is 11.6 Å². The van der Waals surface area contributed by atoms with E-state index in [0.717, 1.165) is 47.9 Å². The predicted octanol–water partition coefficient (Wildman–Crippen LogP) is 3.70. The lowest BCUT2D eigenvalue weighted by Crippen LogP contribution is -2.38. The maximum absolute atomic E-state index is 11.5. The molecular formula is C20H27ClIN3O2S. The van der Waals surface area contributed by atoms with E-state index in [0.29, 0.717) is 11.4 Å². The van der Waals surface area contributed by atoms with Crippen molar-refractivity contribution in [3.63, 3.8) is 0 Å². The Morgan fingerprint density at radius 1 is 1.00 bits per heavy atom. The summed E-state index contributed by atoms with van der Waals surface area (Å²) in [6, 6.07) is 14.9. The molecule has 2 aromatic rings. The van der Waals surface area contributed by atoms with Crippen LogP contribution in [0.15, 0.2) is 58.4 Å². The van der Waals surface area contributed by atoms with Crippen molar-refractivity contribution in [2.24, 2.45) is 4.99 Å². The predicted molar refractivity (Wildman–Crippen MR) is 128 cm³/mol. The molecule has 0 aliphatic heterocycles. The van der Waals surface area contributed by atoms with Crippen LogP contribution < -0.4 is 10.6 Å². The molecule has 2 rings (SSSR count). The van der Waals surface area contributed by atoms with Crippen LogP contribution in [-0.2, 0) is 22.7 Å². The van der Waals surface area contributed by atoms with Gasteiger partial charge < -0.3 is 10.6 Å². The molecule has 0 aliphatic carbocycles. The zero-order valence-corrected chi connectivity index (χ0v) is 20.0. The normalized spacial score (nSPS) is 11.6. The van der Waals surface area contributed by atoms with E-state index in [2.05, 4.69) is 15.6 Å². The number of nitrogens with one attached hydrogen (secondary N) is 2. The van der Waals surface area contributed by atoms with Crippen molar-refractivity contribution in [2.45, 2.75) is 24.2 Å². The van der Waals surface area contributed by atoms with E-state index >= 15 is 0 Å². The molecule has 0 radical (unpaired) electrons. The summed E-state index contributed by atoms with van der Waals surface area (Å²) in [4.78, 5) is 4.56. The summed E-state index contributed by atoms with van der Waals surface area (Å²) in [5.74, 6) is 0.752. The molecule has 28 heavy (non-hydrogen) atoms. The number of guanidine groups is 1. The highest BCUT2D eigenvalue weighted by Crippen LogP contribution is 2.16. The van der Waals surface area contributed by atoms with Gasteiger partial charge in [0.05, 0.1) is 4.90 Å². The van der Waals surface area contributed by atoms with Gasteiger partial charge in [0.2, 0.25) is 0 Å². The summed E-state index contributed by atoms with van der Waals surface area (Å²) < 4.78 is 23.0. The summed E-state index contributed by atoms with van der Waals surface area (Å²) >= 11 is 6.16. The first-order valence-corrected chi connectivity index (χ1v) is 11.1. The number of sulfone groups is 1. The second-order valence-electron chi connectivity index (χ2n) is 6.29. The number of halogens is 2. The van der Waals surface area contributed by atoms with Crippen molar-refractivity contribution < 1.29 is 8.42 Å². The van der Waals surface area contributed by atoms with Crippen molar-refractivity contribution in [1.82, 2.24) is 10.6 Å². The Labute approximate surface area is 189 Å². The standard InChI is InChI=1S/C20H26ClN3O2S.HI/c1-22-20(23-14-5-7-17-6-3-4-8-19(17)21)24-15-13-16-9-11-18(12-10-16)27(2,25)26;/h3-4,6,8-12H,5,7,13-15H2,1-2H3,(H2,22,23,24);1H. The minimum Gasteiger partial charge on any atom is -0.356 e. The molecular weight excluding hydrogens is 509 g/mol. The van der Waals surface area contributed by atoms with Crippen molar-refractivity contribution in [3.8, 4) is 0 Å². The third-order valence-corrected chi connectivity index (χ3v) is 5.65. The Morgan fingerprint density at radius 3 is 2.25 bits per heavy atom. The van der Waals surface area contributed by atoms with Crippen LogP contribution in [0.5, 0.6) is 0 Å². The third-order valence-electron chi connectivity index (χ3n) is 4.15. The Bertz CT molecular complexity index is 871. The molecule has 0 unspecified atom stereocenters. The maximum atomic E-state index is 11.5. The van der Waals surface area contributed by atoms with Gasteiger partial charge in [-0.15, -0.1) is 24.0 Å². The molecule has 0 aromatic heterocycles. The van der Waals surface area contributed by atoms with Crippen molar-refractivity contribution in [2.75, 3.05) is 26.4 Å². The molecule has 0 bridgehead atoms. The number of nitrogens with zero attached hydrogens (tertiary/aromatic N) is 1. The van der Waals surface area contributed by atoms with Crippen LogP contribution >= 0.6 is 35.6 Å². The monoisotopic (exact) mass is 535 g/mol. The molecule has 5 nitrogen and oxygen atoms in total. The third kappa shape index (κ3) is 8.36. The lowest BCUT2D eigenvalue weighted by molar-refractivity contribution is 0.602. The lowest BCUT2D eigenvalue weighted by atomic mass is 10.1. The molecule has 0 fully saturated rings. The maximum Gasteiger partial charge on any atom is 0.190 e. The van der Waals surface area contributed by atoms with Crippen molar-refractivity contribution in [1.29, 1.82) is 0 Å². The van der Waals surface area contributed by atoms with Gasteiger partial charge in [0.15, 0.2) is 15.8 Å². The molecule has 0 spiro atoms. The van der Waals surface area contributed by atoms with Gasteiger partial charge in [-0.2, -0.15) is 0 Å². The van der Waals surface area contributed by atoms with Gasteiger partial charge >= 0.3 is 0 Å². The zero-order chi connectivity index (χ0) is 19.7. The first-order chi connectivity index (χ1) is 12.9. The van der Waals surface area contributed by atoms with Gasteiger partial charge in [-0.25, -0.2) is 8.42 Å². The number of hydrogen-bond donors (Lipinski definition) is 2. The second-order valence-corrected chi connectivity index (χ2v) is 8.71. The number of aryl methyl sites for hydroxylation is 1. The van der Waals surface area contributed by atoms with Gasteiger partial charge in [0, 0.05) is 31.4 Å². The van der Waals surface area contributed by atoms with Gasteiger partial charge in [-0.3, -0.25) is 4.99 Å². The fourth-order valence-corrected chi connectivity index (χ4v) is 3.50. The highest BCUT2D eigenvalue weighted by Gasteiger charge is 2.06. The summed E-state index contributed by atoms with van der Waals surface area (Å²) in [6.45, 7) is 1.51. The Balaban J connectivity index is 0.00000392. The number of hydrogen-bond acceptors (Lipinski definition) is 3. The van der Waals surface area contributed by atoms with E-state index in [1.54, 1.807) is 19.2 Å². The van der Waals surface area contributed by atoms with Crippen LogP contribution in [0.3, 0.4) is 0 Å². The van der Waals surface area contributed by atoms with E-state index in [9.17, 15) is 8.42 Å². The van der Waals surface area contributed by atoms with Crippen molar-refractivity contribution >= 4 is 51.4 Å². The Morgan fingerprint density at radius 2 is 1.64 bits per heavy atom. The summed E-state index contributed by atoms with van der Waals surface area (Å²) in [5.41, 5.74) is 2.23. The molecule has 0 heterocycles. The molecule has 2 N–H and O–H groups in total. The second kappa shape index (κ2) is 12.3. The van der Waals surface area contributed by atoms with Gasteiger partial charge in [0.25, 0.3) is 0 Å². The summed E-state index contributed by atoms with van der Waals surface area (Å²) in [7, 11) is -1.41. The van der Waals surface area contributed by atoms with Gasteiger partial charge in [0.1, 0.15) is 0 Å². The largest absolute Gasteiger partial charge is 0.356 e. The first kappa shape index (κ1) is 24.7. The Hall–Kier alpha value is -1.32. The smallest absolute Gasteiger partial charge is 0.190 e. The summed E-state index contributed by atoms with van der Waals surface area (Å²) in [5, 5.41) is 7.37. The van der Waals surface area contributed by atoms with Crippen LogP contribution in [-0.4, -0.2) is 40.8 Å². The highest BCUT2D eigenvalue weighted by molar-refractivity contribution is 14.0. The molecule has 0 atom stereocenters. The molecule has 0 aliphatic rings. The average molecular weight is 536 g/mol. The highest BCUT2D eigenvalue weighted by atomic mass is 127. The molecule has 0 saturated heterocycles. The van der Waals surface area contributed by atoms with E-state index in [1.165, 1.54) is 6.26 Å². The summed E-state index contributed by atoms with van der Waals surface area (Å²) in [6.07, 6.45) is 3.86. The van der Waals surface area contributed by atoms with Gasteiger partial charge in [-0.1, -0.05) is 41.9 Å². The van der Waals surface area contributed by atoms with Crippen molar-refractivity contribution in [3.05, 3.63) is 64.7 Å². The topological polar surface area (TPSA) is 70.6 Å². The SMILES string of the molecule is CN=C(NCCCc1ccccc1Cl)NCCc1ccc(S(C)(=O)=O)cc1.I. The van der Waals surface area contributed by atoms with Crippen LogP contribution in [0.2, 0.25) is 5.02 Å². The van der Waals surface area contributed by atoms with Gasteiger partial charge in [-0.05, 0) is 48.6 Å². The number of rotatable bonds is 8. The van der Waals surface area contributed by atoms with E-state index in [-0.39, 0.29) is 24.0 Å². The fraction of sp³-hybridized carbons (Fsp3) is 0.350. The van der Waals surface area contributed by atoms with E-state index in [1.807, 2.05) is 36.4 Å². The van der Waals surface area contributed by atoms with Crippen LogP contribution in [0.4, 0.5) is 0 Å². The number of benzene rings is 2. The van der Waals surface area contributed by atoms with E-state index < -0.39 is 9.84 Å².